The number of hydrogen-bond acceptors (Lipinski definition) is 10. The Morgan fingerprint density at radius 3 is 2.32 bits per heavy atom. The fourth-order valence-corrected chi connectivity index (χ4v) is 3.97. The third-order valence-corrected chi connectivity index (χ3v) is 5.67. The van der Waals surface area contributed by atoms with Crippen LogP contribution in [0.1, 0.15) is 41.9 Å². The number of hydrogen-bond donors (Lipinski definition) is 1. The lowest BCUT2D eigenvalue weighted by atomic mass is 10.1. The minimum absolute atomic E-state index is 0.0154. The van der Waals surface area contributed by atoms with E-state index < -0.39 is 30.4 Å². The summed E-state index contributed by atoms with van der Waals surface area (Å²) in [5.74, 6) is -2.05. The Bertz CT molecular complexity index is 1200. The van der Waals surface area contributed by atoms with Crippen molar-refractivity contribution in [2.45, 2.75) is 13.5 Å². The summed E-state index contributed by atoms with van der Waals surface area (Å²) in [5, 5.41) is 2.53. The number of methoxy groups -OCH3 is 2. The monoisotopic (exact) mass is 487 g/mol. The first-order chi connectivity index (χ1) is 16.3. The molecule has 1 aromatic carbocycles. The molecule has 3 rings (SSSR count). The maximum atomic E-state index is 12.3. The standard InChI is InChI=1S/C23H21NO9S/c1-13-18(22(27)29-2)20(34-19(13)23(28)30-3)24-17(25)12-32-21(26)16-10-9-15(33-16)11-31-14-7-5-4-6-8-14/h4-10H,11-12H2,1-3H3,(H,24,25). The quantitative estimate of drug-likeness (QED) is 0.355. The van der Waals surface area contributed by atoms with Crippen LogP contribution in [0.4, 0.5) is 5.00 Å². The highest BCUT2D eigenvalue weighted by atomic mass is 32.1. The Hall–Kier alpha value is -4.12. The van der Waals surface area contributed by atoms with Crippen LogP contribution in [0.3, 0.4) is 0 Å². The van der Waals surface area contributed by atoms with Gasteiger partial charge in [-0.15, -0.1) is 11.3 Å². The second kappa shape index (κ2) is 11.1. The molecule has 11 heteroatoms. The van der Waals surface area contributed by atoms with E-state index >= 15 is 0 Å². The van der Waals surface area contributed by atoms with Crippen LogP contribution in [-0.2, 0) is 25.6 Å². The van der Waals surface area contributed by atoms with Gasteiger partial charge in [-0.05, 0) is 36.8 Å². The van der Waals surface area contributed by atoms with Crippen LogP contribution < -0.4 is 10.1 Å². The Kier molecular flexibility index (Phi) is 8.04. The van der Waals surface area contributed by atoms with Gasteiger partial charge in [0.15, 0.2) is 6.61 Å². The van der Waals surface area contributed by atoms with E-state index in [4.69, 9.17) is 23.4 Å². The van der Waals surface area contributed by atoms with Crippen molar-refractivity contribution in [3.63, 3.8) is 0 Å². The number of carbonyl (C=O) groups is 4. The molecule has 34 heavy (non-hydrogen) atoms. The highest BCUT2D eigenvalue weighted by molar-refractivity contribution is 7.18. The van der Waals surface area contributed by atoms with Gasteiger partial charge in [0.05, 0.1) is 19.8 Å². The van der Waals surface area contributed by atoms with Gasteiger partial charge in [0.25, 0.3) is 5.91 Å². The number of anilines is 1. The fraction of sp³-hybridized carbons (Fsp3) is 0.217. The van der Waals surface area contributed by atoms with Gasteiger partial charge in [-0.3, -0.25) is 4.79 Å². The lowest BCUT2D eigenvalue weighted by Gasteiger charge is -2.06. The van der Waals surface area contributed by atoms with Crippen molar-refractivity contribution in [2.75, 3.05) is 26.1 Å². The first-order valence-electron chi connectivity index (χ1n) is 9.87. The molecule has 2 heterocycles. The molecule has 0 spiro atoms. The fourth-order valence-electron chi connectivity index (χ4n) is 2.84. The molecule has 0 aliphatic carbocycles. The minimum atomic E-state index is -0.855. The molecule has 0 aliphatic heterocycles. The molecule has 10 nitrogen and oxygen atoms in total. The molecule has 178 valence electrons. The van der Waals surface area contributed by atoms with Crippen LogP contribution in [0.5, 0.6) is 5.75 Å². The maximum Gasteiger partial charge on any atom is 0.374 e. The number of ether oxygens (including phenoxy) is 4. The third-order valence-electron chi connectivity index (χ3n) is 4.48. The Labute approximate surface area is 198 Å². The second-order valence-electron chi connectivity index (χ2n) is 6.74. The third kappa shape index (κ3) is 5.81. The van der Waals surface area contributed by atoms with Gasteiger partial charge in [-0.2, -0.15) is 0 Å². The van der Waals surface area contributed by atoms with Crippen molar-refractivity contribution in [2.24, 2.45) is 0 Å². The van der Waals surface area contributed by atoms with Gasteiger partial charge in [-0.1, -0.05) is 18.2 Å². The molecular formula is C23H21NO9S. The van der Waals surface area contributed by atoms with Gasteiger partial charge in [0.1, 0.15) is 28.0 Å². The highest BCUT2D eigenvalue weighted by Crippen LogP contribution is 2.34. The van der Waals surface area contributed by atoms with Crippen LogP contribution in [-0.4, -0.2) is 44.6 Å². The molecule has 0 atom stereocenters. The largest absolute Gasteiger partial charge is 0.486 e. The average molecular weight is 487 g/mol. The number of rotatable bonds is 9. The van der Waals surface area contributed by atoms with Crippen molar-refractivity contribution < 1.29 is 42.5 Å². The van der Waals surface area contributed by atoms with Crippen molar-refractivity contribution >= 4 is 40.2 Å². The summed E-state index contributed by atoms with van der Waals surface area (Å²) in [5.41, 5.74) is 0.318. The predicted octanol–water partition coefficient (Wildman–Crippen LogP) is 3.60. The molecule has 1 N–H and O–H groups in total. The molecule has 2 aromatic heterocycles. The zero-order valence-electron chi connectivity index (χ0n) is 18.5. The normalized spacial score (nSPS) is 10.3. The van der Waals surface area contributed by atoms with Crippen LogP contribution in [0.2, 0.25) is 0 Å². The lowest BCUT2D eigenvalue weighted by Crippen LogP contribution is -2.21. The van der Waals surface area contributed by atoms with Gasteiger partial charge in [0.2, 0.25) is 5.76 Å². The summed E-state index contributed by atoms with van der Waals surface area (Å²) in [4.78, 5) is 48.8. The van der Waals surface area contributed by atoms with E-state index in [0.717, 1.165) is 11.3 Å². The zero-order chi connectivity index (χ0) is 24.7. The molecule has 0 radical (unpaired) electrons. The van der Waals surface area contributed by atoms with E-state index in [9.17, 15) is 19.2 Å². The van der Waals surface area contributed by atoms with Gasteiger partial charge < -0.3 is 28.7 Å². The van der Waals surface area contributed by atoms with Crippen LogP contribution in [0, 0.1) is 6.92 Å². The number of para-hydroxylation sites is 1. The number of furan rings is 1. The van der Waals surface area contributed by atoms with Crippen molar-refractivity contribution in [3.8, 4) is 5.75 Å². The van der Waals surface area contributed by atoms with E-state index in [1.807, 2.05) is 18.2 Å². The number of nitrogens with one attached hydrogen (secondary N) is 1. The molecule has 1 amide bonds. The molecule has 0 bridgehead atoms. The first kappa shape index (κ1) is 24.5. The second-order valence-corrected chi connectivity index (χ2v) is 7.76. The van der Waals surface area contributed by atoms with Gasteiger partial charge in [0, 0.05) is 0 Å². The topological polar surface area (TPSA) is 130 Å². The van der Waals surface area contributed by atoms with Gasteiger partial charge in [-0.25, -0.2) is 14.4 Å². The summed E-state index contributed by atoms with van der Waals surface area (Å²) >= 11 is 0.848. The number of esters is 3. The minimum Gasteiger partial charge on any atom is -0.486 e. The van der Waals surface area contributed by atoms with E-state index in [-0.39, 0.29) is 27.8 Å². The van der Waals surface area contributed by atoms with Crippen LogP contribution >= 0.6 is 11.3 Å². The Balaban J connectivity index is 1.59. The average Bonchev–Trinajstić information content (AvgIpc) is 3.45. The maximum absolute atomic E-state index is 12.3. The summed E-state index contributed by atoms with van der Waals surface area (Å²) in [7, 11) is 2.37. The van der Waals surface area contributed by atoms with E-state index in [1.165, 1.54) is 27.2 Å². The molecule has 0 aliphatic rings. The Morgan fingerprint density at radius 2 is 1.65 bits per heavy atom. The zero-order valence-corrected chi connectivity index (χ0v) is 19.4. The number of benzene rings is 1. The van der Waals surface area contributed by atoms with E-state index in [1.54, 1.807) is 18.2 Å². The molecule has 0 unspecified atom stereocenters. The molecular weight excluding hydrogens is 466 g/mol. The van der Waals surface area contributed by atoms with E-state index in [0.29, 0.717) is 17.1 Å². The molecule has 0 saturated heterocycles. The number of amides is 1. The molecule has 0 fully saturated rings. The van der Waals surface area contributed by atoms with E-state index in [2.05, 4.69) is 5.32 Å². The van der Waals surface area contributed by atoms with Gasteiger partial charge >= 0.3 is 17.9 Å². The van der Waals surface area contributed by atoms with Crippen LogP contribution in [0.15, 0.2) is 46.9 Å². The number of carbonyl (C=O) groups excluding carboxylic acids is 4. The first-order valence-corrected chi connectivity index (χ1v) is 10.7. The molecule has 0 saturated carbocycles. The summed E-state index contributed by atoms with van der Waals surface area (Å²) < 4.78 is 25.4. The summed E-state index contributed by atoms with van der Waals surface area (Å²) in [6.45, 7) is 0.982. The highest BCUT2D eigenvalue weighted by Gasteiger charge is 2.27. The SMILES string of the molecule is COC(=O)c1sc(NC(=O)COC(=O)c2ccc(COc3ccccc3)o2)c(C(=O)OC)c1C. The molecule has 3 aromatic rings. The van der Waals surface area contributed by atoms with Crippen molar-refractivity contribution in [1.82, 2.24) is 0 Å². The predicted molar refractivity (Wildman–Crippen MR) is 120 cm³/mol. The summed E-state index contributed by atoms with van der Waals surface area (Å²) in [6.07, 6.45) is 0. The van der Waals surface area contributed by atoms with Crippen LogP contribution in [0.25, 0.3) is 0 Å². The lowest BCUT2D eigenvalue weighted by molar-refractivity contribution is -0.119. The summed E-state index contributed by atoms with van der Waals surface area (Å²) in [6, 6.07) is 12.0. The number of thiophene rings is 1. The van der Waals surface area contributed by atoms with Crippen molar-refractivity contribution in [1.29, 1.82) is 0 Å². The Morgan fingerprint density at radius 1 is 0.941 bits per heavy atom. The smallest absolute Gasteiger partial charge is 0.374 e. The van der Waals surface area contributed by atoms with Crippen molar-refractivity contribution in [3.05, 3.63) is 70.0 Å².